The summed E-state index contributed by atoms with van der Waals surface area (Å²) in [5.41, 5.74) is 1.19. The van der Waals surface area contributed by atoms with Gasteiger partial charge in [0.1, 0.15) is 0 Å². The zero-order valence-corrected chi connectivity index (χ0v) is 12.4. The monoisotopic (exact) mass is 269 g/mol. The van der Waals surface area contributed by atoms with Crippen molar-refractivity contribution in [1.29, 1.82) is 0 Å². The lowest BCUT2D eigenvalue weighted by atomic mass is 10.0. The minimum Gasteiger partial charge on any atom is -0.396 e. The number of nitrogens with one attached hydrogen (secondary N) is 1. The number of carbonyl (C=O) groups excluding carboxylic acids is 1. The third-order valence-electron chi connectivity index (χ3n) is 3.13. The molecule has 0 bridgehead atoms. The lowest BCUT2D eigenvalue weighted by Crippen LogP contribution is -2.38. The summed E-state index contributed by atoms with van der Waals surface area (Å²) >= 11 is 1.56. The quantitative estimate of drug-likeness (QED) is 0.834. The van der Waals surface area contributed by atoms with Gasteiger partial charge in [-0.1, -0.05) is 20.8 Å². The molecule has 0 aliphatic rings. The second-order valence-electron chi connectivity index (χ2n) is 4.91. The number of amides is 1. The van der Waals surface area contributed by atoms with E-state index in [1.165, 1.54) is 10.4 Å². The Hall–Kier alpha value is -0.870. The van der Waals surface area contributed by atoms with Crippen LogP contribution in [0.5, 0.6) is 0 Å². The van der Waals surface area contributed by atoms with Crippen molar-refractivity contribution in [1.82, 2.24) is 5.32 Å². The second-order valence-corrected chi connectivity index (χ2v) is 6.04. The maximum absolute atomic E-state index is 12.1. The number of aliphatic hydroxyl groups is 1. The first-order chi connectivity index (χ1) is 8.49. The predicted octanol–water partition coefficient (Wildman–Crippen LogP) is 2.76. The first-order valence-corrected chi connectivity index (χ1v) is 7.32. The van der Waals surface area contributed by atoms with E-state index >= 15 is 0 Å². The molecule has 1 aromatic heterocycles. The summed E-state index contributed by atoms with van der Waals surface area (Å²) in [6.45, 7) is 8.35. The number of aliphatic hydroxyl groups excluding tert-OH is 1. The molecule has 3 nitrogen and oxygen atoms in total. The number of aryl methyl sites for hydroxylation is 2. The van der Waals surface area contributed by atoms with Gasteiger partial charge in [-0.2, -0.15) is 0 Å². The Kier molecular flexibility index (Phi) is 5.82. The summed E-state index contributed by atoms with van der Waals surface area (Å²) in [5, 5.41) is 12.0. The lowest BCUT2D eigenvalue weighted by Gasteiger charge is -2.21. The largest absolute Gasteiger partial charge is 0.396 e. The molecule has 1 heterocycles. The smallest absolute Gasteiger partial charge is 0.261 e. The molecule has 4 heteroatoms. The van der Waals surface area contributed by atoms with Crippen molar-refractivity contribution in [2.45, 2.75) is 46.6 Å². The van der Waals surface area contributed by atoms with Crippen molar-refractivity contribution in [3.8, 4) is 0 Å². The van der Waals surface area contributed by atoms with Gasteiger partial charge in [-0.3, -0.25) is 4.79 Å². The SMILES string of the molecule is CCc1sc(C(=O)NC(CCO)C(C)C)cc1C. The average molecular weight is 269 g/mol. The molecule has 2 N–H and O–H groups in total. The molecule has 1 rings (SSSR count). The molecule has 1 aromatic rings. The fourth-order valence-electron chi connectivity index (χ4n) is 1.93. The highest BCUT2D eigenvalue weighted by molar-refractivity contribution is 7.14. The molecule has 0 saturated heterocycles. The summed E-state index contributed by atoms with van der Waals surface area (Å²) < 4.78 is 0. The molecule has 1 amide bonds. The summed E-state index contributed by atoms with van der Waals surface area (Å²) in [6, 6.07) is 1.99. The highest BCUT2D eigenvalue weighted by atomic mass is 32.1. The van der Waals surface area contributed by atoms with Crippen LogP contribution in [0.2, 0.25) is 0 Å². The molecular weight excluding hydrogens is 246 g/mol. The van der Waals surface area contributed by atoms with Crippen LogP contribution in [0.15, 0.2) is 6.07 Å². The molecule has 0 aromatic carbocycles. The van der Waals surface area contributed by atoms with Crippen LogP contribution < -0.4 is 5.32 Å². The van der Waals surface area contributed by atoms with Crippen LogP contribution in [0.1, 0.15) is 47.3 Å². The number of rotatable bonds is 6. The van der Waals surface area contributed by atoms with E-state index in [0.29, 0.717) is 12.3 Å². The average Bonchev–Trinajstić information content (AvgIpc) is 2.69. The summed E-state index contributed by atoms with van der Waals surface area (Å²) in [7, 11) is 0. The van der Waals surface area contributed by atoms with Crippen molar-refractivity contribution in [2.24, 2.45) is 5.92 Å². The van der Waals surface area contributed by atoms with Gasteiger partial charge >= 0.3 is 0 Å². The van der Waals surface area contributed by atoms with Gasteiger partial charge in [0, 0.05) is 17.5 Å². The minimum absolute atomic E-state index is 0.0186. The molecule has 102 valence electrons. The summed E-state index contributed by atoms with van der Waals surface area (Å²) in [4.78, 5) is 14.2. The molecule has 18 heavy (non-hydrogen) atoms. The molecule has 1 atom stereocenters. The van der Waals surface area contributed by atoms with Crippen molar-refractivity contribution in [2.75, 3.05) is 6.61 Å². The fraction of sp³-hybridized carbons (Fsp3) is 0.643. The Morgan fingerprint density at radius 1 is 1.50 bits per heavy atom. The number of hydrogen-bond donors (Lipinski definition) is 2. The Balaban J connectivity index is 2.73. The first-order valence-electron chi connectivity index (χ1n) is 6.50. The van der Waals surface area contributed by atoms with Gasteiger partial charge in [-0.25, -0.2) is 0 Å². The number of hydrogen-bond acceptors (Lipinski definition) is 3. The van der Waals surface area contributed by atoms with E-state index < -0.39 is 0 Å². The van der Waals surface area contributed by atoms with E-state index in [2.05, 4.69) is 26.1 Å². The van der Waals surface area contributed by atoms with Crippen LogP contribution in [-0.4, -0.2) is 23.7 Å². The summed E-state index contributed by atoms with van der Waals surface area (Å²) in [5.74, 6) is 0.308. The van der Waals surface area contributed by atoms with Gasteiger partial charge in [0.25, 0.3) is 5.91 Å². The Morgan fingerprint density at radius 3 is 2.61 bits per heavy atom. The molecule has 0 radical (unpaired) electrons. The van der Waals surface area contributed by atoms with Crippen LogP contribution in [0, 0.1) is 12.8 Å². The second kappa shape index (κ2) is 6.90. The fourth-order valence-corrected chi connectivity index (χ4v) is 2.95. The van der Waals surface area contributed by atoms with Crippen LogP contribution >= 0.6 is 11.3 Å². The molecule has 0 spiro atoms. The molecular formula is C14H23NO2S. The van der Waals surface area contributed by atoms with Gasteiger partial charge in [-0.05, 0) is 37.3 Å². The van der Waals surface area contributed by atoms with E-state index in [9.17, 15) is 4.79 Å². The van der Waals surface area contributed by atoms with Crippen molar-refractivity contribution < 1.29 is 9.90 Å². The lowest BCUT2D eigenvalue weighted by molar-refractivity contribution is 0.0920. The summed E-state index contributed by atoms with van der Waals surface area (Å²) in [6.07, 6.45) is 1.57. The van der Waals surface area contributed by atoms with E-state index in [0.717, 1.165) is 11.3 Å². The maximum atomic E-state index is 12.1. The third-order valence-corrected chi connectivity index (χ3v) is 4.51. The van der Waals surface area contributed by atoms with Crippen LogP contribution in [0.4, 0.5) is 0 Å². The minimum atomic E-state index is -0.0186. The normalized spacial score (nSPS) is 12.8. The number of carbonyl (C=O) groups is 1. The van der Waals surface area contributed by atoms with E-state index in [4.69, 9.17) is 5.11 Å². The van der Waals surface area contributed by atoms with Gasteiger partial charge in [0.05, 0.1) is 4.88 Å². The van der Waals surface area contributed by atoms with Gasteiger partial charge in [0.15, 0.2) is 0 Å². The molecule has 0 saturated carbocycles. The Labute approximate surface area is 113 Å². The Bertz CT molecular complexity index is 398. The maximum Gasteiger partial charge on any atom is 0.261 e. The molecule has 1 unspecified atom stereocenters. The highest BCUT2D eigenvalue weighted by Crippen LogP contribution is 2.22. The third kappa shape index (κ3) is 3.82. The van der Waals surface area contributed by atoms with E-state index in [1.807, 2.05) is 13.0 Å². The van der Waals surface area contributed by atoms with Crippen LogP contribution in [0.25, 0.3) is 0 Å². The number of thiophene rings is 1. The van der Waals surface area contributed by atoms with E-state index in [-0.39, 0.29) is 18.6 Å². The van der Waals surface area contributed by atoms with Gasteiger partial charge in [-0.15, -0.1) is 11.3 Å². The van der Waals surface area contributed by atoms with Crippen molar-refractivity contribution >= 4 is 17.2 Å². The Morgan fingerprint density at radius 2 is 2.17 bits per heavy atom. The standard InChI is InChI=1S/C14H23NO2S/c1-5-12-10(4)8-13(18-12)14(17)15-11(6-7-16)9(2)3/h8-9,11,16H,5-7H2,1-4H3,(H,15,17). The van der Waals surface area contributed by atoms with Crippen LogP contribution in [0.3, 0.4) is 0 Å². The molecule has 0 aliphatic carbocycles. The van der Waals surface area contributed by atoms with Crippen molar-refractivity contribution in [3.05, 3.63) is 21.4 Å². The molecule has 0 fully saturated rings. The predicted molar refractivity (Wildman–Crippen MR) is 76.2 cm³/mol. The van der Waals surface area contributed by atoms with E-state index in [1.54, 1.807) is 11.3 Å². The highest BCUT2D eigenvalue weighted by Gasteiger charge is 2.18. The zero-order valence-electron chi connectivity index (χ0n) is 11.6. The van der Waals surface area contributed by atoms with Gasteiger partial charge < -0.3 is 10.4 Å². The van der Waals surface area contributed by atoms with Gasteiger partial charge in [0.2, 0.25) is 0 Å². The first kappa shape index (κ1) is 15.2. The van der Waals surface area contributed by atoms with Crippen LogP contribution in [-0.2, 0) is 6.42 Å². The zero-order chi connectivity index (χ0) is 13.7. The van der Waals surface area contributed by atoms with Crippen molar-refractivity contribution in [3.63, 3.8) is 0 Å². The topological polar surface area (TPSA) is 49.3 Å². The molecule has 0 aliphatic heterocycles.